The van der Waals surface area contributed by atoms with Crippen molar-refractivity contribution in [2.45, 2.75) is 52.1 Å². The van der Waals surface area contributed by atoms with Gasteiger partial charge in [-0.2, -0.15) is 0 Å². The van der Waals surface area contributed by atoms with Crippen molar-refractivity contribution in [3.05, 3.63) is 36.0 Å². The first kappa shape index (κ1) is 17.3. The van der Waals surface area contributed by atoms with Crippen LogP contribution in [0, 0.1) is 6.92 Å². The van der Waals surface area contributed by atoms with Gasteiger partial charge in [0.1, 0.15) is 5.82 Å². The van der Waals surface area contributed by atoms with Crippen LogP contribution < -0.4 is 15.5 Å². The van der Waals surface area contributed by atoms with E-state index in [9.17, 15) is 4.79 Å². The molecule has 23 heavy (non-hydrogen) atoms. The number of aromatic nitrogens is 1. The van der Waals surface area contributed by atoms with Crippen LogP contribution in [0.25, 0.3) is 0 Å². The number of anilines is 1. The van der Waals surface area contributed by atoms with E-state index in [1.807, 2.05) is 19.1 Å². The van der Waals surface area contributed by atoms with Crippen LogP contribution in [-0.4, -0.2) is 30.1 Å². The van der Waals surface area contributed by atoms with Crippen molar-refractivity contribution >= 4 is 11.8 Å². The van der Waals surface area contributed by atoms with E-state index in [0.717, 1.165) is 43.0 Å². The molecule has 5 heteroatoms. The molecule has 1 atom stereocenters. The molecule has 1 aliphatic heterocycles. The van der Waals surface area contributed by atoms with Crippen molar-refractivity contribution in [1.82, 2.24) is 15.6 Å². The van der Waals surface area contributed by atoms with Gasteiger partial charge in [-0.15, -0.1) is 6.58 Å². The molecule has 2 rings (SSSR count). The maximum atomic E-state index is 12.1. The predicted molar refractivity (Wildman–Crippen MR) is 94.7 cm³/mol. The lowest BCUT2D eigenvalue weighted by atomic mass is 10.1. The zero-order chi connectivity index (χ0) is 16.7. The average Bonchev–Trinajstić information content (AvgIpc) is 3.07. The highest BCUT2D eigenvalue weighted by molar-refractivity contribution is 5.74. The van der Waals surface area contributed by atoms with Gasteiger partial charge in [0.05, 0.1) is 0 Å². The lowest BCUT2D eigenvalue weighted by molar-refractivity contribution is 0.236. The summed E-state index contributed by atoms with van der Waals surface area (Å²) in [5.41, 5.74) is 2.08. The van der Waals surface area contributed by atoms with Crippen molar-refractivity contribution in [2.24, 2.45) is 0 Å². The summed E-state index contributed by atoms with van der Waals surface area (Å²) < 4.78 is 0. The van der Waals surface area contributed by atoms with E-state index in [1.54, 1.807) is 0 Å². The highest BCUT2D eigenvalue weighted by Gasteiger charge is 2.18. The smallest absolute Gasteiger partial charge is 0.315 e. The van der Waals surface area contributed by atoms with Gasteiger partial charge in [-0.05, 0) is 38.7 Å². The summed E-state index contributed by atoms with van der Waals surface area (Å²) in [5.74, 6) is 1.01. The van der Waals surface area contributed by atoms with E-state index in [4.69, 9.17) is 0 Å². The Labute approximate surface area is 139 Å². The first-order valence-electron chi connectivity index (χ1n) is 8.50. The van der Waals surface area contributed by atoms with E-state index in [-0.39, 0.29) is 12.1 Å². The van der Waals surface area contributed by atoms with E-state index in [2.05, 4.69) is 40.1 Å². The minimum atomic E-state index is -0.133. The topological polar surface area (TPSA) is 57.3 Å². The predicted octanol–water partition coefficient (Wildman–Crippen LogP) is 3.14. The van der Waals surface area contributed by atoms with Crippen molar-refractivity contribution < 1.29 is 4.79 Å². The third-order valence-electron chi connectivity index (χ3n) is 4.22. The maximum absolute atomic E-state index is 12.1. The number of amides is 2. The van der Waals surface area contributed by atoms with Gasteiger partial charge in [-0.3, -0.25) is 0 Å². The molecule has 0 aromatic carbocycles. The molecule has 0 unspecified atom stereocenters. The molecule has 0 radical (unpaired) electrons. The second-order valence-electron chi connectivity index (χ2n) is 6.09. The maximum Gasteiger partial charge on any atom is 0.315 e. The Morgan fingerprint density at radius 3 is 2.83 bits per heavy atom. The number of carbonyl (C=O) groups excluding carboxylic acids is 1. The molecule has 1 aliphatic rings. The number of hydrogen-bond acceptors (Lipinski definition) is 3. The summed E-state index contributed by atoms with van der Waals surface area (Å²) in [6, 6.07) is 4.08. The van der Waals surface area contributed by atoms with Crippen LogP contribution in [0.3, 0.4) is 0 Å². The SMILES string of the molecule is C=CC[C@H](CC)NC(=O)NCc1ccc(C)nc1N1CCCC1. The minimum absolute atomic E-state index is 0.133. The summed E-state index contributed by atoms with van der Waals surface area (Å²) in [5, 5.41) is 5.94. The third-order valence-corrected chi connectivity index (χ3v) is 4.22. The van der Waals surface area contributed by atoms with Crippen molar-refractivity contribution in [2.75, 3.05) is 18.0 Å². The van der Waals surface area contributed by atoms with E-state index in [0.29, 0.717) is 6.54 Å². The molecular formula is C18H28N4O. The molecule has 0 saturated carbocycles. The summed E-state index contributed by atoms with van der Waals surface area (Å²) in [7, 11) is 0. The molecule has 2 amide bonds. The van der Waals surface area contributed by atoms with Crippen molar-refractivity contribution in [3.8, 4) is 0 Å². The molecule has 5 nitrogen and oxygen atoms in total. The van der Waals surface area contributed by atoms with Crippen LogP contribution in [0.4, 0.5) is 10.6 Å². The summed E-state index contributed by atoms with van der Waals surface area (Å²) >= 11 is 0. The zero-order valence-corrected chi connectivity index (χ0v) is 14.3. The van der Waals surface area contributed by atoms with Crippen molar-refractivity contribution in [1.29, 1.82) is 0 Å². The third kappa shape index (κ3) is 4.98. The highest BCUT2D eigenvalue weighted by atomic mass is 16.2. The molecule has 126 valence electrons. The van der Waals surface area contributed by atoms with Crippen LogP contribution in [0.15, 0.2) is 24.8 Å². The van der Waals surface area contributed by atoms with Crippen LogP contribution in [0.1, 0.15) is 43.9 Å². The van der Waals surface area contributed by atoms with E-state index < -0.39 is 0 Å². The lowest BCUT2D eigenvalue weighted by Crippen LogP contribution is -2.41. The largest absolute Gasteiger partial charge is 0.356 e. The standard InChI is InChI=1S/C18H28N4O/c1-4-8-16(5-2)21-18(23)19-13-15-10-9-14(3)20-17(15)22-11-6-7-12-22/h4,9-10,16H,1,5-8,11-13H2,2-3H3,(H2,19,21,23)/t16-/m0/s1. The summed E-state index contributed by atoms with van der Waals surface area (Å²) in [6.07, 6.45) is 5.94. The van der Waals surface area contributed by atoms with Gasteiger partial charge in [-0.1, -0.05) is 19.1 Å². The van der Waals surface area contributed by atoms with Gasteiger partial charge in [0.25, 0.3) is 0 Å². The Kier molecular flexibility index (Phi) is 6.44. The Balaban J connectivity index is 1.97. The molecule has 1 aromatic rings. The molecule has 0 bridgehead atoms. The quantitative estimate of drug-likeness (QED) is 0.760. The van der Waals surface area contributed by atoms with Crippen LogP contribution in [0.2, 0.25) is 0 Å². The number of rotatable bonds is 7. The fourth-order valence-electron chi connectivity index (χ4n) is 2.85. The van der Waals surface area contributed by atoms with Gasteiger partial charge >= 0.3 is 6.03 Å². The zero-order valence-electron chi connectivity index (χ0n) is 14.3. The Bertz CT molecular complexity index is 538. The Morgan fingerprint density at radius 1 is 1.43 bits per heavy atom. The number of hydrogen-bond donors (Lipinski definition) is 2. The lowest BCUT2D eigenvalue weighted by Gasteiger charge is -2.21. The second-order valence-corrected chi connectivity index (χ2v) is 6.09. The first-order valence-corrected chi connectivity index (χ1v) is 8.50. The van der Waals surface area contributed by atoms with Gasteiger partial charge < -0.3 is 15.5 Å². The van der Waals surface area contributed by atoms with Gasteiger partial charge in [0, 0.05) is 36.9 Å². The monoisotopic (exact) mass is 316 g/mol. The van der Waals surface area contributed by atoms with Gasteiger partial charge in [-0.25, -0.2) is 9.78 Å². The van der Waals surface area contributed by atoms with Crippen LogP contribution >= 0.6 is 0 Å². The van der Waals surface area contributed by atoms with Crippen LogP contribution in [0.5, 0.6) is 0 Å². The average molecular weight is 316 g/mol. The van der Waals surface area contributed by atoms with Gasteiger partial charge in [0.2, 0.25) is 0 Å². The van der Waals surface area contributed by atoms with Crippen molar-refractivity contribution in [3.63, 3.8) is 0 Å². The molecule has 2 heterocycles. The molecule has 0 spiro atoms. The normalized spacial score (nSPS) is 15.3. The van der Waals surface area contributed by atoms with E-state index >= 15 is 0 Å². The molecule has 1 fully saturated rings. The minimum Gasteiger partial charge on any atom is -0.356 e. The molecular weight excluding hydrogens is 288 g/mol. The number of aryl methyl sites for hydroxylation is 1. The number of nitrogens with zero attached hydrogens (tertiary/aromatic N) is 2. The highest BCUT2D eigenvalue weighted by Crippen LogP contribution is 2.22. The Hall–Kier alpha value is -2.04. The Morgan fingerprint density at radius 2 is 2.17 bits per heavy atom. The number of carbonyl (C=O) groups is 1. The number of urea groups is 1. The van der Waals surface area contributed by atoms with Gasteiger partial charge in [0.15, 0.2) is 0 Å². The van der Waals surface area contributed by atoms with E-state index in [1.165, 1.54) is 12.8 Å². The number of nitrogens with one attached hydrogen (secondary N) is 2. The summed E-state index contributed by atoms with van der Waals surface area (Å²) in [4.78, 5) is 19.1. The molecule has 0 aliphatic carbocycles. The van der Waals surface area contributed by atoms with Crippen LogP contribution in [-0.2, 0) is 6.54 Å². The number of pyridine rings is 1. The second kappa shape index (κ2) is 8.56. The molecule has 1 saturated heterocycles. The first-order chi connectivity index (χ1) is 11.1. The fraction of sp³-hybridized carbons (Fsp3) is 0.556. The fourth-order valence-corrected chi connectivity index (χ4v) is 2.85. The summed E-state index contributed by atoms with van der Waals surface area (Å²) in [6.45, 7) is 10.4. The molecule has 1 aromatic heterocycles. The molecule has 2 N–H and O–H groups in total.